The number of aliphatic hydroxyl groups is 1. The first-order chi connectivity index (χ1) is 9.41. The third-order valence-corrected chi connectivity index (χ3v) is 6.69. The van der Waals surface area contributed by atoms with Crippen molar-refractivity contribution in [2.75, 3.05) is 6.61 Å². The highest BCUT2D eigenvalue weighted by Gasteiger charge is 2.57. The molecule has 0 aliphatic heterocycles. The fourth-order valence-electron chi connectivity index (χ4n) is 4.93. The summed E-state index contributed by atoms with van der Waals surface area (Å²) in [5.74, 6) is 2.64. The van der Waals surface area contributed by atoms with Gasteiger partial charge in [-0.3, -0.25) is 4.79 Å². The van der Waals surface area contributed by atoms with E-state index in [9.17, 15) is 9.90 Å². The van der Waals surface area contributed by atoms with Crippen LogP contribution in [0.15, 0.2) is 0 Å². The van der Waals surface area contributed by atoms with Crippen LogP contribution in [0.5, 0.6) is 0 Å². The summed E-state index contributed by atoms with van der Waals surface area (Å²) in [6.07, 6.45) is 6.97. The molecule has 4 rings (SSSR count). The monoisotopic (exact) mass is 280 g/mol. The van der Waals surface area contributed by atoms with Crippen LogP contribution in [0.25, 0.3) is 0 Å². The molecule has 4 aliphatic rings. The minimum Gasteiger partial charge on any atom is -0.458 e. The summed E-state index contributed by atoms with van der Waals surface area (Å²) in [5, 5.41) is 9.52. The fourth-order valence-corrected chi connectivity index (χ4v) is 4.93. The van der Waals surface area contributed by atoms with Gasteiger partial charge in [-0.15, -0.1) is 0 Å². The SMILES string of the molecule is CCC(C)(CO)C(=O)OC1(C)C2CC3CC(C2)CC1C3. The Bertz CT molecular complexity index is 369. The van der Waals surface area contributed by atoms with Gasteiger partial charge in [0.05, 0.1) is 12.0 Å². The molecule has 1 unspecified atom stereocenters. The van der Waals surface area contributed by atoms with Crippen LogP contribution in [-0.2, 0) is 9.53 Å². The molecule has 4 fully saturated rings. The van der Waals surface area contributed by atoms with Crippen LogP contribution in [0, 0.1) is 29.1 Å². The number of aliphatic hydroxyl groups excluding tert-OH is 1. The lowest BCUT2D eigenvalue weighted by molar-refractivity contribution is -0.213. The number of rotatable bonds is 4. The lowest BCUT2D eigenvalue weighted by atomic mass is 9.50. The van der Waals surface area contributed by atoms with Crippen LogP contribution in [0.4, 0.5) is 0 Å². The molecule has 0 amide bonds. The highest BCUT2D eigenvalue weighted by Crippen LogP contribution is 2.59. The third kappa shape index (κ3) is 2.01. The number of carbonyl (C=O) groups is 1. The number of hydrogen-bond donors (Lipinski definition) is 1. The van der Waals surface area contributed by atoms with Crippen molar-refractivity contribution in [3.05, 3.63) is 0 Å². The number of ether oxygens (including phenoxy) is 1. The van der Waals surface area contributed by atoms with Gasteiger partial charge in [0, 0.05) is 0 Å². The van der Waals surface area contributed by atoms with Gasteiger partial charge < -0.3 is 9.84 Å². The largest absolute Gasteiger partial charge is 0.458 e. The second-order valence-electron chi connectivity index (χ2n) is 7.95. The van der Waals surface area contributed by atoms with E-state index in [1.807, 2.05) is 13.8 Å². The zero-order chi connectivity index (χ0) is 14.5. The van der Waals surface area contributed by atoms with E-state index in [0.29, 0.717) is 18.3 Å². The summed E-state index contributed by atoms with van der Waals surface area (Å²) in [7, 11) is 0. The topological polar surface area (TPSA) is 46.5 Å². The molecule has 0 aromatic heterocycles. The van der Waals surface area contributed by atoms with Crippen LogP contribution in [-0.4, -0.2) is 23.3 Å². The molecule has 3 heteroatoms. The maximum Gasteiger partial charge on any atom is 0.314 e. The van der Waals surface area contributed by atoms with E-state index in [1.165, 1.54) is 32.1 Å². The number of carbonyl (C=O) groups excluding carboxylic acids is 1. The molecule has 0 radical (unpaired) electrons. The maximum atomic E-state index is 12.5. The van der Waals surface area contributed by atoms with Gasteiger partial charge in [-0.2, -0.15) is 0 Å². The lowest BCUT2D eigenvalue weighted by Crippen LogP contribution is -2.59. The van der Waals surface area contributed by atoms with Gasteiger partial charge in [-0.05, 0) is 76.0 Å². The molecule has 0 aromatic rings. The molecule has 3 nitrogen and oxygen atoms in total. The molecule has 0 heterocycles. The lowest BCUT2D eigenvalue weighted by Gasteiger charge is -2.59. The van der Waals surface area contributed by atoms with E-state index in [-0.39, 0.29) is 18.2 Å². The van der Waals surface area contributed by atoms with Gasteiger partial charge in [-0.1, -0.05) is 6.92 Å². The van der Waals surface area contributed by atoms with Gasteiger partial charge in [0.25, 0.3) is 0 Å². The van der Waals surface area contributed by atoms with Crippen molar-refractivity contribution in [1.29, 1.82) is 0 Å². The normalized spacial score (nSPS) is 45.2. The summed E-state index contributed by atoms with van der Waals surface area (Å²) in [6.45, 7) is 5.79. The summed E-state index contributed by atoms with van der Waals surface area (Å²) in [6, 6.07) is 0. The van der Waals surface area contributed by atoms with E-state index in [1.54, 1.807) is 0 Å². The Kier molecular flexibility index (Phi) is 3.39. The maximum absolute atomic E-state index is 12.5. The fraction of sp³-hybridized carbons (Fsp3) is 0.941. The molecule has 0 saturated heterocycles. The molecule has 4 bridgehead atoms. The van der Waals surface area contributed by atoms with Crippen LogP contribution in [0.3, 0.4) is 0 Å². The smallest absolute Gasteiger partial charge is 0.314 e. The standard InChI is InChI=1S/C17H28O3/c1-4-16(2,10-18)15(19)20-17(3)13-6-11-5-12(8-13)9-14(17)7-11/h11-14,18H,4-10H2,1-3H3. The van der Waals surface area contributed by atoms with Crippen molar-refractivity contribution >= 4 is 5.97 Å². The van der Waals surface area contributed by atoms with E-state index in [2.05, 4.69) is 6.92 Å². The van der Waals surface area contributed by atoms with E-state index >= 15 is 0 Å². The van der Waals surface area contributed by atoms with Gasteiger partial charge in [-0.25, -0.2) is 0 Å². The molecule has 1 atom stereocenters. The van der Waals surface area contributed by atoms with Crippen molar-refractivity contribution in [2.24, 2.45) is 29.1 Å². The minimum atomic E-state index is -0.738. The average molecular weight is 280 g/mol. The molecule has 0 aromatic carbocycles. The van der Waals surface area contributed by atoms with Crippen LogP contribution < -0.4 is 0 Å². The van der Waals surface area contributed by atoms with Crippen molar-refractivity contribution in [3.8, 4) is 0 Å². The van der Waals surface area contributed by atoms with E-state index < -0.39 is 5.41 Å². The molecule has 0 spiro atoms. The molecule has 20 heavy (non-hydrogen) atoms. The summed E-state index contributed by atoms with van der Waals surface area (Å²) in [5.41, 5.74) is -1.02. The van der Waals surface area contributed by atoms with Crippen molar-refractivity contribution in [2.45, 2.75) is 64.9 Å². The van der Waals surface area contributed by atoms with Gasteiger partial charge in [0.2, 0.25) is 0 Å². The summed E-state index contributed by atoms with van der Waals surface area (Å²) < 4.78 is 6.06. The van der Waals surface area contributed by atoms with E-state index in [4.69, 9.17) is 4.74 Å². The Morgan fingerprint density at radius 1 is 1.20 bits per heavy atom. The molecule has 114 valence electrons. The summed E-state index contributed by atoms with van der Waals surface area (Å²) in [4.78, 5) is 12.5. The predicted molar refractivity (Wildman–Crippen MR) is 77.0 cm³/mol. The second kappa shape index (κ2) is 4.72. The highest BCUT2D eigenvalue weighted by molar-refractivity contribution is 5.77. The van der Waals surface area contributed by atoms with Crippen LogP contribution in [0.2, 0.25) is 0 Å². The predicted octanol–water partition coefficient (Wildman–Crippen LogP) is 3.15. The van der Waals surface area contributed by atoms with Crippen LogP contribution in [0.1, 0.15) is 59.3 Å². The minimum absolute atomic E-state index is 0.126. The Balaban J connectivity index is 1.78. The van der Waals surface area contributed by atoms with Crippen molar-refractivity contribution in [3.63, 3.8) is 0 Å². The molecule has 4 aliphatic carbocycles. The van der Waals surface area contributed by atoms with Gasteiger partial charge >= 0.3 is 5.97 Å². The summed E-state index contributed by atoms with van der Waals surface area (Å²) >= 11 is 0. The zero-order valence-corrected chi connectivity index (χ0v) is 13.0. The molecule has 1 N–H and O–H groups in total. The number of esters is 1. The van der Waals surface area contributed by atoms with Gasteiger partial charge in [0.15, 0.2) is 0 Å². The zero-order valence-electron chi connectivity index (χ0n) is 13.0. The molecular weight excluding hydrogens is 252 g/mol. The van der Waals surface area contributed by atoms with Gasteiger partial charge in [0.1, 0.15) is 5.60 Å². The Morgan fingerprint density at radius 3 is 2.10 bits per heavy atom. The van der Waals surface area contributed by atoms with E-state index in [0.717, 1.165) is 11.8 Å². The third-order valence-electron chi connectivity index (χ3n) is 6.69. The first kappa shape index (κ1) is 14.4. The molecule has 4 saturated carbocycles. The van der Waals surface area contributed by atoms with Crippen molar-refractivity contribution in [1.82, 2.24) is 0 Å². The van der Waals surface area contributed by atoms with Crippen LogP contribution >= 0.6 is 0 Å². The Morgan fingerprint density at radius 2 is 1.70 bits per heavy atom. The molecular formula is C17H28O3. The quantitative estimate of drug-likeness (QED) is 0.805. The first-order valence-corrected chi connectivity index (χ1v) is 8.25. The first-order valence-electron chi connectivity index (χ1n) is 8.25. The number of hydrogen-bond acceptors (Lipinski definition) is 3. The average Bonchev–Trinajstić information content (AvgIpc) is 2.43. The highest BCUT2D eigenvalue weighted by atomic mass is 16.6. The second-order valence-corrected chi connectivity index (χ2v) is 7.95. The Hall–Kier alpha value is -0.570. The van der Waals surface area contributed by atoms with Crippen molar-refractivity contribution < 1.29 is 14.6 Å². The Labute approximate surface area is 122 Å².